The van der Waals surface area contributed by atoms with E-state index in [0.29, 0.717) is 38.0 Å². The number of halogens is 1. The molecule has 0 fully saturated rings. The first-order valence-corrected chi connectivity index (χ1v) is 8.60. The van der Waals surface area contributed by atoms with Crippen LogP contribution in [0.15, 0.2) is 27.5 Å². The van der Waals surface area contributed by atoms with Crippen LogP contribution in [-0.2, 0) is 11.2 Å². The number of aromatic nitrogens is 1. The van der Waals surface area contributed by atoms with Crippen LogP contribution in [0.1, 0.15) is 16.0 Å². The molecule has 0 aliphatic rings. The first-order chi connectivity index (χ1) is 11.9. The maximum Gasteiger partial charge on any atom is 0.340 e. The van der Waals surface area contributed by atoms with E-state index in [1.165, 1.54) is 18.4 Å². The topological polar surface area (TPSA) is 81.4 Å². The van der Waals surface area contributed by atoms with Gasteiger partial charge in [-0.3, -0.25) is 4.79 Å². The Morgan fingerprint density at radius 3 is 2.80 bits per heavy atom. The van der Waals surface area contributed by atoms with Gasteiger partial charge in [-0.2, -0.15) is 0 Å². The smallest absolute Gasteiger partial charge is 0.340 e. The third-order valence-electron chi connectivity index (χ3n) is 3.76. The summed E-state index contributed by atoms with van der Waals surface area (Å²) >= 11 is 7.52. The number of aryl methyl sites for hydroxylation is 2. The summed E-state index contributed by atoms with van der Waals surface area (Å²) in [5.74, 6) is 0.0880. The number of benzene rings is 1. The highest BCUT2D eigenvalue weighted by molar-refractivity contribution is 7.15. The molecule has 0 saturated carbocycles. The van der Waals surface area contributed by atoms with Gasteiger partial charge in [-0.05, 0) is 25.5 Å². The van der Waals surface area contributed by atoms with Crippen molar-refractivity contribution in [3.05, 3.63) is 49.8 Å². The number of fused-ring (bicyclic) bond motifs is 1. The summed E-state index contributed by atoms with van der Waals surface area (Å²) < 4.78 is 10.5. The second kappa shape index (κ2) is 6.85. The molecule has 0 aliphatic carbocycles. The highest BCUT2D eigenvalue weighted by atomic mass is 35.5. The second-order valence-electron chi connectivity index (χ2n) is 5.48. The third kappa shape index (κ3) is 3.52. The molecule has 6 nitrogen and oxygen atoms in total. The summed E-state index contributed by atoms with van der Waals surface area (Å²) in [5, 5.41) is 4.25. The zero-order chi connectivity index (χ0) is 18.1. The van der Waals surface area contributed by atoms with Crippen molar-refractivity contribution in [2.24, 2.45) is 0 Å². The fourth-order valence-corrected chi connectivity index (χ4v) is 3.41. The van der Waals surface area contributed by atoms with Gasteiger partial charge < -0.3 is 14.5 Å². The number of carbonyl (C=O) groups excluding carboxylic acids is 1. The van der Waals surface area contributed by atoms with Gasteiger partial charge in [-0.1, -0.05) is 11.6 Å². The van der Waals surface area contributed by atoms with E-state index >= 15 is 0 Å². The van der Waals surface area contributed by atoms with Crippen LogP contribution in [0.5, 0.6) is 5.75 Å². The quantitative estimate of drug-likeness (QED) is 0.700. The highest BCUT2D eigenvalue weighted by Gasteiger charge is 2.17. The number of thiazole rings is 1. The predicted molar refractivity (Wildman–Crippen MR) is 98.0 cm³/mol. The van der Waals surface area contributed by atoms with E-state index in [1.54, 1.807) is 25.3 Å². The van der Waals surface area contributed by atoms with Gasteiger partial charge >= 0.3 is 5.63 Å². The van der Waals surface area contributed by atoms with Gasteiger partial charge in [0.2, 0.25) is 5.91 Å². The van der Waals surface area contributed by atoms with Gasteiger partial charge in [-0.15, -0.1) is 11.3 Å². The van der Waals surface area contributed by atoms with Crippen molar-refractivity contribution in [3.63, 3.8) is 0 Å². The third-order valence-corrected chi connectivity index (χ3v) is 4.89. The van der Waals surface area contributed by atoms with E-state index in [0.717, 1.165) is 4.88 Å². The number of nitrogens with zero attached hydrogens (tertiary/aromatic N) is 1. The Balaban J connectivity index is 1.96. The van der Waals surface area contributed by atoms with Crippen molar-refractivity contribution < 1.29 is 13.9 Å². The fourth-order valence-electron chi connectivity index (χ4n) is 2.49. The molecule has 2 aromatic heterocycles. The van der Waals surface area contributed by atoms with Crippen LogP contribution in [0, 0.1) is 13.8 Å². The summed E-state index contributed by atoms with van der Waals surface area (Å²) in [6.45, 7) is 3.66. The van der Waals surface area contributed by atoms with Crippen molar-refractivity contribution >= 4 is 44.9 Å². The molecule has 2 heterocycles. The molecular formula is C17H15ClN2O4S. The van der Waals surface area contributed by atoms with E-state index in [-0.39, 0.29) is 12.3 Å². The van der Waals surface area contributed by atoms with Crippen LogP contribution >= 0.6 is 22.9 Å². The molecule has 3 rings (SSSR count). The first-order valence-electron chi connectivity index (χ1n) is 7.41. The highest BCUT2D eigenvalue weighted by Crippen LogP contribution is 2.31. The van der Waals surface area contributed by atoms with Crippen LogP contribution in [-0.4, -0.2) is 18.0 Å². The zero-order valence-electron chi connectivity index (χ0n) is 13.8. The fraction of sp³-hybridized carbons (Fsp3) is 0.235. The Hall–Kier alpha value is -2.38. The molecule has 1 aromatic carbocycles. The Bertz CT molecular complexity index is 1030. The molecule has 8 heteroatoms. The summed E-state index contributed by atoms with van der Waals surface area (Å²) in [6, 6.07) is 3.23. The number of carbonyl (C=O) groups is 1. The maximum absolute atomic E-state index is 12.3. The average molecular weight is 379 g/mol. The summed E-state index contributed by atoms with van der Waals surface area (Å²) in [7, 11) is 1.48. The standard InChI is InChI=1S/C17H15ClN2O4S/c1-8-7-19-17(25-8)20-15(21)5-11-9(2)10-4-12(18)14(23-3)6-13(10)24-16(11)22/h4,6-7H,5H2,1-3H3,(H,19,20,21). The van der Waals surface area contributed by atoms with Crippen LogP contribution in [0.2, 0.25) is 5.02 Å². The number of ether oxygens (including phenoxy) is 1. The van der Waals surface area contributed by atoms with Crippen LogP contribution in [0.4, 0.5) is 5.13 Å². The number of hydrogen-bond acceptors (Lipinski definition) is 6. The van der Waals surface area contributed by atoms with Gasteiger partial charge in [0.15, 0.2) is 5.13 Å². The van der Waals surface area contributed by atoms with Crippen molar-refractivity contribution in [1.82, 2.24) is 4.98 Å². The lowest BCUT2D eigenvalue weighted by molar-refractivity contribution is -0.115. The Morgan fingerprint density at radius 1 is 1.40 bits per heavy atom. The molecule has 0 radical (unpaired) electrons. The van der Waals surface area contributed by atoms with Crippen LogP contribution < -0.4 is 15.7 Å². The van der Waals surface area contributed by atoms with Gasteiger partial charge in [-0.25, -0.2) is 9.78 Å². The lowest BCUT2D eigenvalue weighted by Gasteiger charge is -2.10. The molecule has 0 atom stereocenters. The molecule has 1 N–H and O–H groups in total. The molecule has 0 spiro atoms. The summed E-state index contributed by atoms with van der Waals surface area (Å²) in [6.07, 6.45) is 1.57. The number of rotatable bonds is 4. The Morgan fingerprint density at radius 2 is 2.16 bits per heavy atom. The molecule has 25 heavy (non-hydrogen) atoms. The number of methoxy groups -OCH3 is 1. The van der Waals surface area contributed by atoms with E-state index in [4.69, 9.17) is 20.8 Å². The van der Waals surface area contributed by atoms with Crippen LogP contribution in [0.3, 0.4) is 0 Å². The largest absolute Gasteiger partial charge is 0.495 e. The van der Waals surface area contributed by atoms with E-state index in [1.807, 2.05) is 6.92 Å². The second-order valence-corrected chi connectivity index (χ2v) is 7.12. The Kier molecular flexibility index (Phi) is 4.78. The normalized spacial score (nSPS) is 10.9. The average Bonchev–Trinajstić information content (AvgIpc) is 2.96. The minimum atomic E-state index is -0.556. The minimum absolute atomic E-state index is 0.105. The number of hydrogen-bond donors (Lipinski definition) is 1. The van der Waals surface area contributed by atoms with Crippen molar-refractivity contribution in [2.45, 2.75) is 20.3 Å². The molecule has 0 unspecified atom stereocenters. The number of amides is 1. The molecule has 3 aromatic rings. The van der Waals surface area contributed by atoms with Gasteiger partial charge in [0.05, 0.1) is 24.1 Å². The molecule has 130 valence electrons. The molecular weight excluding hydrogens is 364 g/mol. The predicted octanol–water partition coefficient (Wildman–Crippen LogP) is 3.71. The molecule has 0 bridgehead atoms. The maximum atomic E-state index is 12.3. The lowest BCUT2D eigenvalue weighted by atomic mass is 10.0. The van der Waals surface area contributed by atoms with Gasteiger partial charge in [0.1, 0.15) is 11.3 Å². The minimum Gasteiger partial charge on any atom is -0.495 e. The Labute approximate surface area is 152 Å². The summed E-state index contributed by atoms with van der Waals surface area (Å²) in [5.41, 5.74) is 0.754. The van der Waals surface area contributed by atoms with Gasteiger partial charge in [0, 0.05) is 22.5 Å². The van der Waals surface area contributed by atoms with Crippen molar-refractivity contribution in [1.29, 1.82) is 0 Å². The van der Waals surface area contributed by atoms with Crippen molar-refractivity contribution in [2.75, 3.05) is 12.4 Å². The van der Waals surface area contributed by atoms with E-state index in [9.17, 15) is 9.59 Å². The zero-order valence-corrected chi connectivity index (χ0v) is 15.4. The first kappa shape index (κ1) is 17.4. The monoisotopic (exact) mass is 378 g/mol. The van der Waals surface area contributed by atoms with Crippen LogP contribution in [0.25, 0.3) is 11.0 Å². The number of nitrogens with one attached hydrogen (secondary N) is 1. The van der Waals surface area contributed by atoms with E-state index < -0.39 is 5.63 Å². The molecule has 1 amide bonds. The lowest BCUT2D eigenvalue weighted by Crippen LogP contribution is -2.20. The van der Waals surface area contributed by atoms with Crippen molar-refractivity contribution in [3.8, 4) is 5.75 Å². The van der Waals surface area contributed by atoms with Gasteiger partial charge in [0.25, 0.3) is 0 Å². The van der Waals surface area contributed by atoms with E-state index in [2.05, 4.69) is 10.3 Å². The summed E-state index contributed by atoms with van der Waals surface area (Å²) in [4.78, 5) is 29.6. The number of anilines is 1. The molecule has 0 aliphatic heterocycles. The molecule has 0 saturated heterocycles. The SMILES string of the molecule is COc1cc2oc(=O)c(CC(=O)Nc3ncc(C)s3)c(C)c2cc1Cl.